The van der Waals surface area contributed by atoms with Gasteiger partial charge in [0.05, 0.1) is 11.9 Å². The highest BCUT2D eigenvalue weighted by atomic mass is 32.2. The molecule has 146 valence electrons. The van der Waals surface area contributed by atoms with E-state index in [9.17, 15) is 4.79 Å². The number of carbonyl (C=O) groups excluding carboxylic acids is 1. The maximum atomic E-state index is 12.9. The molecule has 2 aromatic heterocycles. The summed E-state index contributed by atoms with van der Waals surface area (Å²) >= 11 is 2.98. The minimum atomic E-state index is -0.199. The second-order valence-electron chi connectivity index (χ2n) is 6.74. The number of nitrogens with zero attached hydrogens (tertiary/aromatic N) is 4. The third kappa shape index (κ3) is 4.29. The molecule has 1 fully saturated rings. The lowest BCUT2D eigenvalue weighted by atomic mass is 10.1. The Bertz CT molecular complexity index is 931. The van der Waals surface area contributed by atoms with Crippen molar-refractivity contribution >= 4 is 34.1 Å². The molecule has 3 aromatic rings. The van der Waals surface area contributed by atoms with E-state index >= 15 is 0 Å². The fraction of sp³-hybridized carbons (Fsp3) is 0.350. The summed E-state index contributed by atoms with van der Waals surface area (Å²) in [5.41, 5.74) is 2.44. The number of hydrogen-bond acceptors (Lipinski definition) is 6. The summed E-state index contributed by atoms with van der Waals surface area (Å²) < 4.78 is 1.88. The Balaban J connectivity index is 1.49. The van der Waals surface area contributed by atoms with Gasteiger partial charge in [-0.25, -0.2) is 9.97 Å². The van der Waals surface area contributed by atoms with Crippen molar-refractivity contribution in [1.29, 1.82) is 0 Å². The molecule has 0 bridgehead atoms. The zero-order valence-electron chi connectivity index (χ0n) is 15.8. The van der Waals surface area contributed by atoms with Crippen LogP contribution in [-0.2, 0) is 6.54 Å². The van der Waals surface area contributed by atoms with E-state index in [1.54, 1.807) is 6.20 Å². The summed E-state index contributed by atoms with van der Waals surface area (Å²) in [7, 11) is 0. The number of likely N-dealkylation sites (tertiary alicyclic amines) is 1. The van der Waals surface area contributed by atoms with Crippen LogP contribution >= 0.6 is 23.1 Å². The number of amides is 1. The van der Waals surface area contributed by atoms with Crippen LogP contribution in [0, 0.1) is 0 Å². The maximum Gasteiger partial charge on any atom is 0.276 e. The number of anilines is 1. The first kappa shape index (κ1) is 19.2. The first-order chi connectivity index (χ1) is 13.7. The molecule has 0 saturated carbocycles. The van der Waals surface area contributed by atoms with Crippen LogP contribution in [0.25, 0.3) is 5.69 Å². The second-order valence-corrected chi connectivity index (χ2v) is 8.37. The Morgan fingerprint density at radius 3 is 2.75 bits per heavy atom. The van der Waals surface area contributed by atoms with E-state index in [2.05, 4.69) is 20.2 Å². The van der Waals surface area contributed by atoms with Gasteiger partial charge in [0.1, 0.15) is 5.69 Å². The van der Waals surface area contributed by atoms with Crippen molar-refractivity contribution < 1.29 is 4.79 Å². The molecule has 1 aliphatic rings. The van der Waals surface area contributed by atoms with Crippen molar-refractivity contribution in [3.05, 3.63) is 53.3 Å². The van der Waals surface area contributed by atoms with Crippen molar-refractivity contribution in [2.24, 2.45) is 0 Å². The van der Waals surface area contributed by atoms with Gasteiger partial charge < -0.3 is 0 Å². The number of benzene rings is 1. The molecule has 0 atom stereocenters. The van der Waals surface area contributed by atoms with Crippen LogP contribution in [0.4, 0.5) is 5.13 Å². The normalized spacial score (nSPS) is 14.9. The molecule has 1 amide bonds. The van der Waals surface area contributed by atoms with Crippen LogP contribution in [0.3, 0.4) is 0 Å². The molecule has 0 radical (unpaired) electrons. The molecule has 4 rings (SSSR count). The Labute approximate surface area is 173 Å². The molecule has 6 nitrogen and oxygen atoms in total. The predicted molar refractivity (Wildman–Crippen MR) is 115 cm³/mol. The third-order valence-corrected chi connectivity index (χ3v) is 6.23. The van der Waals surface area contributed by atoms with Gasteiger partial charge in [0.25, 0.3) is 5.91 Å². The minimum Gasteiger partial charge on any atom is -0.297 e. The largest absolute Gasteiger partial charge is 0.297 e. The van der Waals surface area contributed by atoms with Gasteiger partial charge in [0, 0.05) is 17.6 Å². The average Bonchev–Trinajstić information content (AvgIpc) is 3.36. The Hall–Kier alpha value is -2.16. The lowest BCUT2D eigenvalue weighted by Crippen LogP contribution is -2.29. The van der Waals surface area contributed by atoms with Crippen molar-refractivity contribution in [2.75, 3.05) is 24.7 Å². The molecule has 1 aliphatic heterocycles. The molecule has 0 unspecified atom stereocenters. The molecule has 8 heteroatoms. The van der Waals surface area contributed by atoms with E-state index in [0.29, 0.717) is 10.8 Å². The van der Waals surface area contributed by atoms with Gasteiger partial charge in [-0.3, -0.25) is 19.6 Å². The third-order valence-electron chi connectivity index (χ3n) is 4.77. The zero-order valence-corrected chi connectivity index (χ0v) is 17.4. The van der Waals surface area contributed by atoms with Gasteiger partial charge in [0.2, 0.25) is 0 Å². The van der Waals surface area contributed by atoms with Crippen molar-refractivity contribution in [3.63, 3.8) is 0 Å². The fourth-order valence-corrected chi connectivity index (χ4v) is 4.65. The average molecular weight is 414 g/mol. The predicted octanol–water partition coefficient (Wildman–Crippen LogP) is 4.29. The molecule has 3 heterocycles. The Morgan fingerprint density at radius 2 is 2.00 bits per heavy atom. The first-order valence-electron chi connectivity index (χ1n) is 9.40. The number of hydrogen-bond donors (Lipinski definition) is 1. The summed E-state index contributed by atoms with van der Waals surface area (Å²) in [6.07, 6.45) is 7.42. The van der Waals surface area contributed by atoms with Crippen LogP contribution in [0.5, 0.6) is 0 Å². The van der Waals surface area contributed by atoms with E-state index in [1.165, 1.54) is 42.4 Å². The molecule has 28 heavy (non-hydrogen) atoms. The fourth-order valence-electron chi connectivity index (χ4n) is 3.41. The smallest absolute Gasteiger partial charge is 0.276 e. The number of thiazole rings is 1. The number of rotatable bonds is 6. The molecular formula is C20H23N5OS2. The van der Waals surface area contributed by atoms with Crippen LogP contribution in [0.2, 0.25) is 0 Å². The van der Waals surface area contributed by atoms with Crippen LogP contribution in [-0.4, -0.2) is 44.7 Å². The van der Waals surface area contributed by atoms with Gasteiger partial charge >= 0.3 is 0 Å². The molecular weight excluding hydrogens is 390 g/mol. The number of thioether (sulfide) groups is 1. The number of imidazole rings is 1. The van der Waals surface area contributed by atoms with E-state index in [0.717, 1.165) is 36.2 Å². The van der Waals surface area contributed by atoms with Gasteiger partial charge in [-0.15, -0.1) is 11.3 Å². The molecule has 0 aliphatic carbocycles. The number of nitrogens with one attached hydrogen (secondary N) is 1. The van der Waals surface area contributed by atoms with Crippen molar-refractivity contribution in [1.82, 2.24) is 19.4 Å². The Morgan fingerprint density at radius 1 is 1.21 bits per heavy atom. The van der Waals surface area contributed by atoms with Gasteiger partial charge in [-0.1, -0.05) is 36.4 Å². The Kier molecular flexibility index (Phi) is 6.09. The number of piperidine rings is 1. The lowest BCUT2D eigenvalue weighted by Gasteiger charge is -2.25. The van der Waals surface area contributed by atoms with Crippen molar-refractivity contribution in [3.8, 4) is 5.69 Å². The highest BCUT2D eigenvalue weighted by Gasteiger charge is 2.19. The topological polar surface area (TPSA) is 63.1 Å². The first-order valence-corrected chi connectivity index (χ1v) is 11.5. The van der Waals surface area contributed by atoms with E-state index in [1.807, 2.05) is 46.5 Å². The van der Waals surface area contributed by atoms with Gasteiger partial charge in [-0.2, -0.15) is 0 Å². The molecule has 0 spiro atoms. The van der Waals surface area contributed by atoms with Crippen LogP contribution in [0.15, 0.2) is 47.1 Å². The summed E-state index contributed by atoms with van der Waals surface area (Å²) in [4.78, 5) is 24.3. The van der Waals surface area contributed by atoms with E-state index in [4.69, 9.17) is 0 Å². The summed E-state index contributed by atoms with van der Waals surface area (Å²) in [6, 6.07) is 9.80. The van der Waals surface area contributed by atoms with E-state index < -0.39 is 0 Å². The van der Waals surface area contributed by atoms with E-state index in [-0.39, 0.29) is 5.91 Å². The minimum absolute atomic E-state index is 0.199. The monoisotopic (exact) mass is 413 g/mol. The lowest BCUT2D eigenvalue weighted by molar-refractivity contribution is 0.102. The molecule has 1 saturated heterocycles. The SMILES string of the molecule is CSc1ncc(C(=O)Nc2nc(CN3CCCCC3)cs2)n1-c1ccccc1. The number of aromatic nitrogens is 3. The quantitative estimate of drug-likeness (QED) is 0.611. The summed E-state index contributed by atoms with van der Waals surface area (Å²) in [5, 5.41) is 6.38. The summed E-state index contributed by atoms with van der Waals surface area (Å²) in [5.74, 6) is -0.199. The maximum absolute atomic E-state index is 12.9. The standard InChI is InChI=1S/C20H23N5OS2/c1-27-20-21-12-17(25(20)16-8-4-2-5-9-16)18(26)23-19-22-15(14-28-19)13-24-10-6-3-7-11-24/h2,4-5,8-9,12,14H,3,6-7,10-11,13H2,1H3,(H,22,23,26). The zero-order chi connectivity index (χ0) is 19.3. The summed E-state index contributed by atoms with van der Waals surface area (Å²) in [6.45, 7) is 3.12. The number of carbonyl (C=O) groups is 1. The molecule has 1 aromatic carbocycles. The molecule has 1 N–H and O–H groups in total. The van der Waals surface area contributed by atoms with Crippen LogP contribution < -0.4 is 5.32 Å². The van der Waals surface area contributed by atoms with Gasteiger partial charge in [0.15, 0.2) is 10.3 Å². The second kappa shape index (κ2) is 8.89. The van der Waals surface area contributed by atoms with Crippen molar-refractivity contribution in [2.45, 2.75) is 31.0 Å². The number of para-hydroxylation sites is 1. The highest BCUT2D eigenvalue weighted by molar-refractivity contribution is 7.98. The van der Waals surface area contributed by atoms with Crippen LogP contribution in [0.1, 0.15) is 35.4 Å². The highest BCUT2D eigenvalue weighted by Crippen LogP contribution is 2.24. The van der Waals surface area contributed by atoms with Gasteiger partial charge in [-0.05, 0) is 44.3 Å².